The van der Waals surface area contributed by atoms with Crippen LogP contribution in [0, 0.1) is 0 Å². The highest BCUT2D eigenvalue weighted by Gasteiger charge is 2.49. The van der Waals surface area contributed by atoms with Gasteiger partial charge in [0.25, 0.3) is 0 Å². The van der Waals surface area contributed by atoms with Crippen molar-refractivity contribution in [2.75, 3.05) is 29.6 Å². The molecule has 0 spiro atoms. The molecule has 2 atom stereocenters. The Hall–Kier alpha value is -1.26. The molecule has 1 amide bonds. The fourth-order valence-corrected chi connectivity index (χ4v) is 7.96. The van der Waals surface area contributed by atoms with Crippen molar-refractivity contribution in [1.82, 2.24) is 0 Å². The molecule has 3 rings (SSSR count). The van der Waals surface area contributed by atoms with Crippen LogP contribution in [0.4, 0.5) is 5.69 Å². The highest BCUT2D eigenvalue weighted by molar-refractivity contribution is 9.10. The molecule has 160 valence electrons. The molecule has 2 fully saturated rings. The second-order valence-electron chi connectivity index (χ2n) is 6.83. The number of amides is 1. The lowest BCUT2D eigenvalue weighted by molar-refractivity contribution is -0.117. The number of amidine groups is 1. The van der Waals surface area contributed by atoms with E-state index in [0.717, 1.165) is 5.69 Å². The zero-order chi connectivity index (χ0) is 21.2. The van der Waals surface area contributed by atoms with Crippen molar-refractivity contribution in [2.45, 2.75) is 44.9 Å². The summed E-state index contributed by atoms with van der Waals surface area (Å²) in [5, 5.41) is 0.404. The number of thioether (sulfide) groups is 1. The monoisotopic (exact) mass is 504 g/mol. The smallest absolute Gasteiger partial charge is 0.248 e. The summed E-state index contributed by atoms with van der Waals surface area (Å²) < 4.78 is 36.6. The summed E-state index contributed by atoms with van der Waals surface area (Å²) in [6.45, 7) is 6.65. The topological polar surface area (TPSA) is 85.3 Å². The third kappa shape index (κ3) is 4.91. The molecule has 0 bridgehead atoms. The summed E-state index contributed by atoms with van der Waals surface area (Å²) >= 11 is 4.91. The number of benzene rings is 1. The van der Waals surface area contributed by atoms with Crippen molar-refractivity contribution in [3.8, 4) is 11.5 Å². The standard InChI is InChI=1S/C19H25BrN2O5S2/c1-4-7-17(23)21-19-22(14-10-29(24,25)11-16(14)28-19)12-8-13(20)18(27-6-3)15(9-12)26-5-2/h8-9,14,16H,4-7,10-11H2,1-3H3/t14-,16+/m1/s1. The number of hydrogen-bond donors (Lipinski definition) is 0. The van der Waals surface area contributed by atoms with Crippen LogP contribution in [0.5, 0.6) is 11.5 Å². The number of carbonyl (C=O) groups excluding carboxylic acids is 1. The minimum absolute atomic E-state index is 0.0421. The number of fused-ring (bicyclic) bond motifs is 1. The predicted octanol–water partition coefficient (Wildman–Crippen LogP) is 3.65. The molecule has 7 nitrogen and oxygen atoms in total. The van der Waals surface area contributed by atoms with E-state index in [1.807, 2.05) is 37.8 Å². The molecular weight excluding hydrogens is 480 g/mol. The van der Waals surface area contributed by atoms with Gasteiger partial charge in [-0.1, -0.05) is 18.7 Å². The van der Waals surface area contributed by atoms with Gasteiger partial charge >= 0.3 is 0 Å². The van der Waals surface area contributed by atoms with E-state index < -0.39 is 9.84 Å². The van der Waals surface area contributed by atoms with Gasteiger partial charge in [-0.3, -0.25) is 4.79 Å². The van der Waals surface area contributed by atoms with E-state index in [4.69, 9.17) is 9.47 Å². The summed E-state index contributed by atoms with van der Waals surface area (Å²) in [7, 11) is -3.13. The van der Waals surface area contributed by atoms with E-state index in [1.165, 1.54) is 11.8 Å². The molecular formula is C19H25BrN2O5S2. The van der Waals surface area contributed by atoms with E-state index >= 15 is 0 Å². The number of hydrogen-bond acceptors (Lipinski definition) is 6. The number of halogens is 1. The van der Waals surface area contributed by atoms with Gasteiger partial charge in [-0.25, -0.2) is 8.42 Å². The lowest BCUT2D eigenvalue weighted by Gasteiger charge is -2.26. The first-order valence-electron chi connectivity index (χ1n) is 9.66. The number of sulfone groups is 1. The molecule has 0 aromatic heterocycles. The van der Waals surface area contributed by atoms with Gasteiger partial charge in [0, 0.05) is 23.4 Å². The molecule has 1 aromatic rings. The van der Waals surface area contributed by atoms with E-state index in [9.17, 15) is 13.2 Å². The van der Waals surface area contributed by atoms with Crippen LogP contribution >= 0.6 is 27.7 Å². The number of aliphatic imine (C=N–C) groups is 1. The molecule has 1 aromatic carbocycles. The molecule has 0 radical (unpaired) electrons. The zero-order valence-corrected chi connectivity index (χ0v) is 19.9. The Morgan fingerprint density at radius 3 is 2.62 bits per heavy atom. The Kier molecular flexibility index (Phi) is 7.16. The SMILES string of the molecule is CCCC(=O)N=C1S[C@H]2CS(=O)(=O)C[C@H]2N1c1cc(Br)c(OCC)c(OCC)c1. The summed E-state index contributed by atoms with van der Waals surface area (Å²) in [6.07, 6.45) is 1.08. The van der Waals surface area contributed by atoms with Gasteiger partial charge in [-0.15, -0.1) is 0 Å². The van der Waals surface area contributed by atoms with E-state index in [-0.39, 0.29) is 28.7 Å². The zero-order valence-electron chi connectivity index (χ0n) is 16.7. The maximum atomic E-state index is 12.2. The first kappa shape index (κ1) is 22.4. The number of rotatable bonds is 7. The predicted molar refractivity (Wildman–Crippen MR) is 120 cm³/mol. The Bertz CT molecular complexity index is 919. The van der Waals surface area contributed by atoms with Gasteiger partial charge in [-0.2, -0.15) is 4.99 Å². The fraction of sp³-hybridized carbons (Fsp3) is 0.579. The van der Waals surface area contributed by atoms with Crippen molar-refractivity contribution in [3.05, 3.63) is 16.6 Å². The van der Waals surface area contributed by atoms with Crippen molar-refractivity contribution in [1.29, 1.82) is 0 Å². The number of ether oxygens (including phenoxy) is 2. The van der Waals surface area contributed by atoms with Crippen LogP contribution in [0.2, 0.25) is 0 Å². The Labute approximate surface area is 184 Å². The van der Waals surface area contributed by atoms with Crippen LogP contribution in [-0.2, 0) is 14.6 Å². The first-order valence-corrected chi connectivity index (χ1v) is 13.2. The Morgan fingerprint density at radius 1 is 1.24 bits per heavy atom. The lowest BCUT2D eigenvalue weighted by Crippen LogP contribution is -2.37. The van der Waals surface area contributed by atoms with E-state index in [2.05, 4.69) is 20.9 Å². The van der Waals surface area contributed by atoms with Gasteiger partial charge in [-0.05, 0) is 42.3 Å². The molecule has 2 aliphatic heterocycles. The van der Waals surface area contributed by atoms with Crippen LogP contribution in [0.3, 0.4) is 0 Å². The van der Waals surface area contributed by atoms with Gasteiger partial charge in [0.05, 0.1) is 35.2 Å². The van der Waals surface area contributed by atoms with Crippen LogP contribution in [-0.4, -0.2) is 55.5 Å². The first-order chi connectivity index (χ1) is 13.8. The largest absolute Gasteiger partial charge is 0.490 e. The maximum Gasteiger partial charge on any atom is 0.248 e. The van der Waals surface area contributed by atoms with Crippen molar-refractivity contribution >= 4 is 54.3 Å². The quantitative estimate of drug-likeness (QED) is 0.559. The number of carbonyl (C=O) groups is 1. The highest BCUT2D eigenvalue weighted by Crippen LogP contribution is 2.45. The highest BCUT2D eigenvalue weighted by atomic mass is 79.9. The molecule has 0 saturated carbocycles. The Balaban J connectivity index is 2.07. The minimum atomic E-state index is -3.13. The molecule has 2 aliphatic rings. The summed E-state index contributed by atoms with van der Waals surface area (Å²) in [4.78, 5) is 18.4. The molecule has 0 aliphatic carbocycles. The second kappa shape index (κ2) is 9.26. The van der Waals surface area contributed by atoms with Crippen molar-refractivity contribution in [2.24, 2.45) is 4.99 Å². The number of nitrogens with zero attached hydrogens (tertiary/aromatic N) is 2. The van der Waals surface area contributed by atoms with Gasteiger partial charge in [0.1, 0.15) is 0 Å². The fourth-order valence-electron chi connectivity index (χ4n) is 3.48. The summed E-state index contributed by atoms with van der Waals surface area (Å²) in [5.41, 5.74) is 0.726. The van der Waals surface area contributed by atoms with Crippen molar-refractivity contribution < 1.29 is 22.7 Å². The molecule has 0 N–H and O–H groups in total. The maximum absolute atomic E-state index is 12.2. The summed E-state index contributed by atoms with van der Waals surface area (Å²) in [6, 6.07) is 3.42. The molecule has 2 heterocycles. The second-order valence-corrected chi connectivity index (χ2v) is 11.0. The average molecular weight is 505 g/mol. The van der Waals surface area contributed by atoms with Crippen LogP contribution in [0.25, 0.3) is 0 Å². The van der Waals surface area contributed by atoms with E-state index in [0.29, 0.717) is 47.2 Å². The van der Waals surface area contributed by atoms with Crippen LogP contribution < -0.4 is 14.4 Å². The van der Waals surface area contributed by atoms with Crippen LogP contribution in [0.15, 0.2) is 21.6 Å². The molecule has 0 unspecified atom stereocenters. The third-order valence-electron chi connectivity index (χ3n) is 4.61. The van der Waals surface area contributed by atoms with Crippen LogP contribution in [0.1, 0.15) is 33.6 Å². The third-order valence-corrected chi connectivity index (χ3v) is 8.41. The average Bonchev–Trinajstić information content (AvgIpc) is 3.08. The van der Waals surface area contributed by atoms with Gasteiger partial charge < -0.3 is 14.4 Å². The van der Waals surface area contributed by atoms with Crippen molar-refractivity contribution in [3.63, 3.8) is 0 Å². The summed E-state index contributed by atoms with van der Waals surface area (Å²) in [5.74, 6) is 1.10. The number of anilines is 1. The van der Waals surface area contributed by atoms with E-state index in [1.54, 1.807) is 0 Å². The Morgan fingerprint density at radius 2 is 1.97 bits per heavy atom. The molecule has 10 heteroatoms. The minimum Gasteiger partial charge on any atom is -0.490 e. The molecule has 29 heavy (non-hydrogen) atoms. The normalized spacial score (nSPS) is 24.0. The lowest BCUT2D eigenvalue weighted by atomic mass is 10.2. The molecule has 2 saturated heterocycles. The van der Waals surface area contributed by atoms with Gasteiger partial charge in [0.2, 0.25) is 5.91 Å². The van der Waals surface area contributed by atoms with Gasteiger partial charge in [0.15, 0.2) is 26.5 Å².